The molecule has 0 saturated carbocycles. The Kier molecular flexibility index (Phi) is 13.2. The number of rotatable bonds is 12. The van der Waals surface area contributed by atoms with E-state index >= 15 is 0 Å². The molecule has 9 heteroatoms. The highest BCUT2D eigenvalue weighted by atomic mass is 32.1. The topological polar surface area (TPSA) is 67.9 Å². The summed E-state index contributed by atoms with van der Waals surface area (Å²) in [5.41, 5.74) is 23.1. The lowest BCUT2D eigenvalue weighted by atomic mass is 9.93. The van der Waals surface area contributed by atoms with Crippen LogP contribution in [0, 0.1) is 0 Å². The predicted molar refractivity (Wildman–Crippen MR) is 405 cm³/mol. The molecule has 97 heavy (non-hydrogen) atoms. The van der Waals surface area contributed by atoms with Crippen LogP contribution in [0.25, 0.3) is 143 Å². The zero-order chi connectivity index (χ0) is 63.9. The van der Waals surface area contributed by atoms with Crippen LogP contribution in [0.4, 0.5) is 34.1 Å². The monoisotopic (exact) mass is 1260 g/mol. The summed E-state index contributed by atoms with van der Waals surface area (Å²) in [4.78, 5) is 16.6. The van der Waals surface area contributed by atoms with E-state index in [0.717, 1.165) is 156 Å². The number of anilines is 6. The fourth-order valence-corrected chi connectivity index (χ4v) is 15.2. The summed E-state index contributed by atoms with van der Waals surface area (Å²) in [5.74, 6) is 0. The quantitative estimate of drug-likeness (QED) is 0.121. The molecule has 19 aromatic rings. The lowest BCUT2D eigenvalue weighted by Crippen LogP contribution is -2.10. The van der Waals surface area contributed by atoms with E-state index in [2.05, 4.69) is 359 Å². The highest BCUT2D eigenvalue weighted by molar-refractivity contribution is 7.00. The fourth-order valence-electron chi connectivity index (χ4n) is 14.7. The van der Waals surface area contributed by atoms with Crippen LogP contribution in [-0.4, -0.2) is 27.8 Å². The molecule has 0 aliphatic carbocycles. The third-order valence-corrected chi connectivity index (χ3v) is 19.6. The molecule has 8 nitrogen and oxygen atoms in total. The Balaban J connectivity index is 0.805. The highest BCUT2D eigenvalue weighted by Crippen LogP contribution is 2.48. The first-order valence-corrected chi connectivity index (χ1v) is 33.4. The molecule has 0 radical (unpaired) electrons. The summed E-state index contributed by atoms with van der Waals surface area (Å²) >= 11 is 1.22. The zero-order valence-electron chi connectivity index (χ0n) is 52.3. The van der Waals surface area contributed by atoms with Crippen molar-refractivity contribution < 1.29 is 0 Å². The second-order valence-electron chi connectivity index (χ2n) is 24.7. The molecule has 15 aromatic carbocycles. The maximum atomic E-state index is 5.98. The van der Waals surface area contributed by atoms with Gasteiger partial charge < -0.3 is 18.9 Å². The number of benzene rings is 15. The Morgan fingerprint density at radius 1 is 0.237 bits per heavy atom. The fraction of sp³-hybridized carbons (Fsp3) is 0. The summed E-state index contributed by atoms with van der Waals surface area (Å²) in [6.07, 6.45) is 0. The van der Waals surface area contributed by atoms with Gasteiger partial charge in [-0.05, 0) is 166 Å². The number of hydrogen-bond donors (Lipinski definition) is 0. The molecule has 0 amide bonds. The van der Waals surface area contributed by atoms with Crippen LogP contribution >= 0.6 is 11.7 Å². The normalized spacial score (nSPS) is 11.7. The molecule has 4 aromatic heterocycles. The first kappa shape index (κ1) is 55.8. The molecule has 0 aliphatic rings. The molecule has 0 N–H and O–H groups in total. The Hall–Kier alpha value is -12.8. The van der Waals surface area contributed by atoms with Crippen LogP contribution in [-0.2, 0) is 0 Å². The van der Waals surface area contributed by atoms with Crippen molar-refractivity contribution >= 4 is 133 Å². The maximum Gasteiger partial charge on any atom is 0.115 e. The molecular weight excluding hydrogens is 1200 g/mol. The lowest BCUT2D eigenvalue weighted by Gasteiger charge is -2.26. The van der Waals surface area contributed by atoms with Crippen LogP contribution in [0.3, 0.4) is 0 Å². The van der Waals surface area contributed by atoms with E-state index < -0.39 is 0 Å². The summed E-state index contributed by atoms with van der Waals surface area (Å²) in [5, 5.41) is 9.28. The number of nitrogens with zero attached hydrogens (tertiary/aromatic N) is 8. The first-order chi connectivity index (χ1) is 48.1. The summed E-state index contributed by atoms with van der Waals surface area (Å²) in [6.45, 7) is 0. The van der Waals surface area contributed by atoms with E-state index in [4.69, 9.17) is 18.7 Å². The lowest BCUT2D eigenvalue weighted by molar-refractivity contribution is 1.18. The minimum Gasteiger partial charge on any atom is -0.310 e. The second-order valence-corrected chi connectivity index (χ2v) is 25.2. The van der Waals surface area contributed by atoms with E-state index in [-0.39, 0.29) is 0 Å². The van der Waals surface area contributed by atoms with Gasteiger partial charge in [0.05, 0.1) is 45.2 Å². The van der Waals surface area contributed by atoms with E-state index in [1.165, 1.54) is 33.3 Å². The smallest absolute Gasteiger partial charge is 0.115 e. The minimum atomic E-state index is 0.730. The number of aromatic nitrogens is 6. The summed E-state index contributed by atoms with van der Waals surface area (Å²) in [7, 11) is 0. The molecule has 0 fully saturated rings. The average Bonchev–Trinajstić information content (AvgIpc) is 1.70. The summed E-state index contributed by atoms with van der Waals surface area (Å²) < 4.78 is 15.2. The van der Waals surface area contributed by atoms with E-state index in [0.29, 0.717) is 0 Å². The van der Waals surface area contributed by atoms with Gasteiger partial charge in [0.2, 0.25) is 0 Å². The number of fused-ring (bicyclic) bond motifs is 10. The van der Waals surface area contributed by atoms with Crippen molar-refractivity contribution in [3.05, 3.63) is 340 Å². The largest absolute Gasteiger partial charge is 0.310 e. The number of hydrogen-bond acceptors (Lipinski definition) is 7. The Morgan fingerprint density at radius 2 is 0.567 bits per heavy atom. The Bertz CT molecular complexity index is 5860. The van der Waals surface area contributed by atoms with Crippen LogP contribution in [0.2, 0.25) is 0 Å². The standard InChI is InChI=1S/C88H56N8S/c1-5-25-65(26-6-1)93(71-49-51-79-75(55-71)73-33-17-19-35-77(73)95(79)67-29-9-3-10-30-67)69-45-41-59(42-46-69)81-85-86(90-84(64-40-38-58-22-14-16-24-62(58)54-64)83(89-85)63-39-37-57-21-13-15-23-61(57)53-63)82(88-87(81)91-97-92-88)60-43-47-70(48-44-60)94(66-27-7-2-8-28-66)72-50-52-80-76(56-72)74-34-18-20-36-78(74)96(80)68-31-11-4-12-32-68/h1-56H. The third-order valence-electron chi connectivity index (χ3n) is 19.1. The van der Waals surface area contributed by atoms with Gasteiger partial charge in [0.1, 0.15) is 22.1 Å². The van der Waals surface area contributed by atoms with Crippen molar-refractivity contribution in [2.75, 3.05) is 9.80 Å². The Morgan fingerprint density at radius 3 is 0.990 bits per heavy atom. The SMILES string of the molecule is c1ccc(N(c2ccc(-c3c4nsnc4c(-c4ccc(N(c5ccccc5)c5ccc6c(c5)c5ccccc5n6-c5ccccc5)cc4)c4nc(-c5ccc6ccccc6c5)c(-c5ccc6ccccc6c5)nc34)cc2)c2ccc3c(c2)c2ccccc2n3-c2ccccc2)cc1. The van der Waals surface area contributed by atoms with Crippen molar-refractivity contribution in [2.45, 2.75) is 0 Å². The minimum absolute atomic E-state index is 0.730. The molecule has 454 valence electrons. The van der Waals surface area contributed by atoms with Crippen LogP contribution in [0.1, 0.15) is 0 Å². The molecule has 0 saturated heterocycles. The first-order valence-electron chi connectivity index (χ1n) is 32.7. The average molecular weight is 1260 g/mol. The molecule has 0 unspecified atom stereocenters. The molecule has 4 heterocycles. The molecule has 0 spiro atoms. The van der Waals surface area contributed by atoms with Crippen molar-refractivity contribution in [3.8, 4) is 56.1 Å². The third kappa shape index (κ3) is 9.42. The van der Waals surface area contributed by atoms with Gasteiger partial charge in [-0.25, -0.2) is 9.97 Å². The van der Waals surface area contributed by atoms with Crippen molar-refractivity contribution in [1.82, 2.24) is 27.8 Å². The van der Waals surface area contributed by atoms with Crippen molar-refractivity contribution in [1.29, 1.82) is 0 Å². The van der Waals surface area contributed by atoms with E-state index in [9.17, 15) is 0 Å². The van der Waals surface area contributed by atoms with Gasteiger partial charge in [-0.1, -0.05) is 206 Å². The van der Waals surface area contributed by atoms with Crippen molar-refractivity contribution in [2.24, 2.45) is 0 Å². The highest BCUT2D eigenvalue weighted by Gasteiger charge is 2.27. The summed E-state index contributed by atoms with van der Waals surface area (Å²) in [6, 6.07) is 122. The van der Waals surface area contributed by atoms with Gasteiger partial charge in [0.25, 0.3) is 0 Å². The van der Waals surface area contributed by atoms with Gasteiger partial charge in [0, 0.05) is 89.3 Å². The zero-order valence-corrected chi connectivity index (χ0v) is 53.1. The molecule has 0 bridgehead atoms. The maximum absolute atomic E-state index is 5.98. The molecule has 0 aliphatic heterocycles. The van der Waals surface area contributed by atoms with E-state index in [1.54, 1.807) is 0 Å². The number of para-hydroxylation sites is 6. The molecular formula is C88H56N8S. The van der Waals surface area contributed by atoms with Crippen LogP contribution in [0.5, 0.6) is 0 Å². The van der Waals surface area contributed by atoms with Gasteiger partial charge in [-0.2, -0.15) is 8.75 Å². The molecule has 19 rings (SSSR count). The Labute approximate surface area is 563 Å². The van der Waals surface area contributed by atoms with Crippen LogP contribution in [0.15, 0.2) is 340 Å². The van der Waals surface area contributed by atoms with Gasteiger partial charge in [-0.15, -0.1) is 0 Å². The van der Waals surface area contributed by atoms with E-state index in [1.807, 2.05) is 0 Å². The second kappa shape index (κ2) is 23.0. The predicted octanol–water partition coefficient (Wildman–Crippen LogP) is 23.7. The molecule has 0 atom stereocenters. The van der Waals surface area contributed by atoms with Gasteiger partial charge in [0.15, 0.2) is 0 Å². The van der Waals surface area contributed by atoms with Crippen LogP contribution < -0.4 is 9.80 Å². The van der Waals surface area contributed by atoms with Gasteiger partial charge in [-0.3, -0.25) is 0 Å². The van der Waals surface area contributed by atoms with Crippen molar-refractivity contribution in [3.63, 3.8) is 0 Å². The van der Waals surface area contributed by atoms with Gasteiger partial charge >= 0.3 is 0 Å².